The van der Waals surface area contributed by atoms with E-state index in [9.17, 15) is 4.79 Å². The van der Waals surface area contributed by atoms with Gasteiger partial charge in [0.25, 0.3) is 5.91 Å². The summed E-state index contributed by atoms with van der Waals surface area (Å²) in [6.45, 7) is 2.75. The van der Waals surface area contributed by atoms with E-state index in [-0.39, 0.29) is 5.91 Å². The van der Waals surface area contributed by atoms with Gasteiger partial charge < -0.3 is 5.32 Å². The summed E-state index contributed by atoms with van der Waals surface area (Å²) >= 11 is 3.35. The van der Waals surface area contributed by atoms with Crippen LogP contribution in [0.2, 0.25) is 0 Å². The van der Waals surface area contributed by atoms with E-state index in [0.29, 0.717) is 6.54 Å². The van der Waals surface area contributed by atoms with Crippen LogP contribution in [0.3, 0.4) is 0 Å². The topological polar surface area (TPSA) is 29.1 Å². The molecule has 1 N–H and O–H groups in total. The van der Waals surface area contributed by atoms with Crippen LogP contribution in [0.25, 0.3) is 0 Å². The molecule has 0 aliphatic rings. The van der Waals surface area contributed by atoms with Crippen molar-refractivity contribution < 1.29 is 4.79 Å². The van der Waals surface area contributed by atoms with Crippen molar-refractivity contribution in [2.45, 2.75) is 16.7 Å². The van der Waals surface area contributed by atoms with E-state index in [1.54, 1.807) is 23.5 Å². The molecule has 0 aliphatic heterocycles. The van der Waals surface area contributed by atoms with E-state index < -0.39 is 0 Å². The number of amides is 1. The molecule has 0 aromatic heterocycles. The van der Waals surface area contributed by atoms with Gasteiger partial charge in [0, 0.05) is 22.1 Å². The van der Waals surface area contributed by atoms with Gasteiger partial charge >= 0.3 is 0 Å². The highest BCUT2D eigenvalue weighted by atomic mass is 32.2. The van der Waals surface area contributed by atoms with E-state index in [0.717, 1.165) is 16.2 Å². The Morgan fingerprint density at radius 3 is 2.52 bits per heavy atom. The van der Waals surface area contributed by atoms with Crippen LogP contribution < -0.4 is 5.32 Å². The molecule has 0 saturated carbocycles. The van der Waals surface area contributed by atoms with Crippen molar-refractivity contribution in [2.24, 2.45) is 0 Å². The number of nitrogens with one attached hydrogen (secondary N) is 1. The summed E-state index contributed by atoms with van der Waals surface area (Å²) in [6, 6.07) is 16.1. The van der Waals surface area contributed by atoms with Crippen molar-refractivity contribution in [3.05, 3.63) is 59.7 Å². The van der Waals surface area contributed by atoms with Crippen LogP contribution in [0.5, 0.6) is 0 Å². The molecule has 4 heteroatoms. The second-order valence-corrected chi connectivity index (χ2v) is 6.63. The van der Waals surface area contributed by atoms with Crippen molar-refractivity contribution in [2.75, 3.05) is 18.6 Å². The summed E-state index contributed by atoms with van der Waals surface area (Å²) < 4.78 is 0. The van der Waals surface area contributed by atoms with E-state index in [1.807, 2.05) is 30.5 Å². The van der Waals surface area contributed by atoms with Crippen molar-refractivity contribution in [3.8, 4) is 0 Å². The normalized spacial score (nSPS) is 10.4. The second kappa shape index (κ2) is 8.15. The summed E-state index contributed by atoms with van der Waals surface area (Å²) in [6.07, 6.45) is 1.99. The SMILES string of the molecule is CSc1ccccc1C(=O)NCCSc1ccc(C)cc1. The van der Waals surface area contributed by atoms with Crippen LogP contribution in [0.15, 0.2) is 58.3 Å². The molecular weight excluding hydrogens is 298 g/mol. The summed E-state index contributed by atoms with van der Waals surface area (Å²) in [5.41, 5.74) is 2.02. The molecule has 110 valence electrons. The maximum Gasteiger partial charge on any atom is 0.252 e. The Hall–Kier alpha value is -1.39. The minimum absolute atomic E-state index is 0.00413. The molecule has 0 heterocycles. The largest absolute Gasteiger partial charge is 0.351 e. The number of hydrogen-bond donors (Lipinski definition) is 1. The van der Waals surface area contributed by atoms with E-state index in [2.05, 4.69) is 36.5 Å². The van der Waals surface area contributed by atoms with Crippen molar-refractivity contribution in [1.82, 2.24) is 5.32 Å². The Morgan fingerprint density at radius 1 is 1.10 bits per heavy atom. The Labute approximate surface area is 134 Å². The molecule has 0 bridgehead atoms. The molecule has 0 fully saturated rings. The highest BCUT2D eigenvalue weighted by molar-refractivity contribution is 7.99. The standard InChI is InChI=1S/C17H19NOS2/c1-13-7-9-14(10-8-13)21-12-11-18-17(19)15-5-3-4-6-16(15)20-2/h3-10H,11-12H2,1-2H3,(H,18,19). The smallest absolute Gasteiger partial charge is 0.252 e. The molecule has 0 unspecified atom stereocenters. The van der Waals surface area contributed by atoms with Gasteiger partial charge in [0.1, 0.15) is 0 Å². The molecule has 2 aromatic carbocycles. The number of carbonyl (C=O) groups excluding carboxylic acids is 1. The van der Waals surface area contributed by atoms with Crippen molar-refractivity contribution >= 4 is 29.4 Å². The number of carbonyl (C=O) groups is 1. The zero-order chi connectivity index (χ0) is 15.1. The Balaban J connectivity index is 1.80. The molecular formula is C17H19NOS2. The number of aryl methyl sites for hydroxylation is 1. The van der Waals surface area contributed by atoms with E-state index in [1.165, 1.54) is 10.5 Å². The van der Waals surface area contributed by atoms with Gasteiger partial charge in [0.2, 0.25) is 0 Å². The minimum atomic E-state index is 0.00413. The molecule has 0 atom stereocenters. The summed E-state index contributed by atoms with van der Waals surface area (Å²) in [5.74, 6) is 0.875. The van der Waals surface area contributed by atoms with Crippen LogP contribution in [0.1, 0.15) is 15.9 Å². The fourth-order valence-corrected chi connectivity index (χ4v) is 3.26. The molecule has 2 nitrogen and oxygen atoms in total. The highest BCUT2D eigenvalue weighted by Crippen LogP contribution is 2.20. The predicted molar refractivity (Wildman–Crippen MR) is 92.5 cm³/mol. The zero-order valence-electron chi connectivity index (χ0n) is 12.3. The Morgan fingerprint density at radius 2 is 1.81 bits per heavy atom. The van der Waals surface area contributed by atoms with Gasteiger partial charge in [-0.2, -0.15) is 0 Å². The van der Waals surface area contributed by atoms with Gasteiger partial charge in [-0.3, -0.25) is 4.79 Å². The van der Waals surface area contributed by atoms with Crippen LogP contribution >= 0.6 is 23.5 Å². The molecule has 0 radical (unpaired) electrons. The maximum absolute atomic E-state index is 12.1. The van der Waals surface area contributed by atoms with Crippen molar-refractivity contribution in [1.29, 1.82) is 0 Å². The zero-order valence-corrected chi connectivity index (χ0v) is 13.9. The highest BCUT2D eigenvalue weighted by Gasteiger charge is 2.09. The summed E-state index contributed by atoms with van der Waals surface area (Å²) in [4.78, 5) is 14.4. The fourth-order valence-electron chi connectivity index (χ4n) is 1.90. The summed E-state index contributed by atoms with van der Waals surface area (Å²) in [5, 5.41) is 2.98. The molecule has 2 aromatic rings. The maximum atomic E-state index is 12.1. The van der Waals surface area contributed by atoms with Gasteiger partial charge in [-0.25, -0.2) is 0 Å². The number of hydrogen-bond acceptors (Lipinski definition) is 3. The summed E-state index contributed by atoms with van der Waals surface area (Å²) in [7, 11) is 0. The number of thioether (sulfide) groups is 2. The molecule has 1 amide bonds. The fraction of sp³-hybridized carbons (Fsp3) is 0.235. The minimum Gasteiger partial charge on any atom is -0.351 e. The monoisotopic (exact) mass is 317 g/mol. The van der Waals surface area contributed by atoms with Crippen LogP contribution in [0, 0.1) is 6.92 Å². The van der Waals surface area contributed by atoms with Gasteiger partial charge in [-0.1, -0.05) is 29.8 Å². The first-order valence-electron chi connectivity index (χ1n) is 6.81. The lowest BCUT2D eigenvalue weighted by Gasteiger charge is -2.08. The van der Waals surface area contributed by atoms with Crippen LogP contribution in [-0.4, -0.2) is 24.5 Å². The molecule has 0 aliphatic carbocycles. The molecule has 0 spiro atoms. The lowest BCUT2D eigenvalue weighted by Crippen LogP contribution is -2.26. The van der Waals surface area contributed by atoms with Gasteiger partial charge in [0.05, 0.1) is 5.56 Å². The van der Waals surface area contributed by atoms with Crippen LogP contribution in [-0.2, 0) is 0 Å². The average molecular weight is 317 g/mol. The van der Waals surface area contributed by atoms with Gasteiger partial charge in [-0.15, -0.1) is 23.5 Å². The van der Waals surface area contributed by atoms with E-state index in [4.69, 9.17) is 0 Å². The first-order valence-corrected chi connectivity index (χ1v) is 9.02. The molecule has 2 rings (SSSR count). The molecule has 0 saturated heterocycles. The third kappa shape index (κ3) is 4.83. The Bertz CT molecular complexity index is 596. The van der Waals surface area contributed by atoms with Gasteiger partial charge in [-0.05, 0) is 37.4 Å². The first kappa shape index (κ1) is 16.0. The average Bonchev–Trinajstić information content (AvgIpc) is 2.53. The lowest BCUT2D eigenvalue weighted by molar-refractivity contribution is 0.0953. The second-order valence-electron chi connectivity index (χ2n) is 4.62. The Kier molecular flexibility index (Phi) is 6.21. The van der Waals surface area contributed by atoms with Gasteiger partial charge in [0.15, 0.2) is 0 Å². The third-order valence-electron chi connectivity index (χ3n) is 3.03. The lowest BCUT2D eigenvalue weighted by atomic mass is 10.2. The van der Waals surface area contributed by atoms with Crippen LogP contribution in [0.4, 0.5) is 0 Å². The van der Waals surface area contributed by atoms with E-state index >= 15 is 0 Å². The van der Waals surface area contributed by atoms with Crippen molar-refractivity contribution in [3.63, 3.8) is 0 Å². The first-order chi connectivity index (χ1) is 10.2. The number of benzene rings is 2. The quantitative estimate of drug-likeness (QED) is 0.638. The number of rotatable bonds is 6. The predicted octanol–water partition coefficient (Wildman–Crippen LogP) is 4.24. The molecule has 21 heavy (non-hydrogen) atoms. The third-order valence-corrected chi connectivity index (χ3v) is 4.84.